The number of nitrogens with zero attached hydrogens (tertiary/aromatic N) is 2. The summed E-state index contributed by atoms with van der Waals surface area (Å²) < 4.78 is 0. The van der Waals surface area contributed by atoms with Crippen molar-refractivity contribution < 1.29 is 14.4 Å². The van der Waals surface area contributed by atoms with Gasteiger partial charge in [-0.05, 0) is 42.9 Å². The fourth-order valence-corrected chi connectivity index (χ4v) is 4.48. The summed E-state index contributed by atoms with van der Waals surface area (Å²) in [4.78, 5) is 40.7. The number of anilines is 1. The van der Waals surface area contributed by atoms with Crippen molar-refractivity contribution in [3.8, 4) is 0 Å². The van der Waals surface area contributed by atoms with E-state index in [0.717, 1.165) is 42.9 Å². The van der Waals surface area contributed by atoms with E-state index in [1.165, 1.54) is 5.56 Å². The summed E-state index contributed by atoms with van der Waals surface area (Å²) in [6.45, 7) is 2.68. The summed E-state index contributed by atoms with van der Waals surface area (Å²) in [7, 11) is 0. The second-order valence-electron chi connectivity index (χ2n) is 8.09. The van der Waals surface area contributed by atoms with Gasteiger partial charge in [0.25, 0.3) is 11.8 Å². The third-order valence-electron chi connectivity index (χ3n) is 6.17. The molecule has 0 saturated carbocycles. The summed E-state index contributed by atoms with van der Waals surface area (Å²) in [5.41, 5.74) is 4.34. The summed E-state index contributed by atoms with van der Waals surface area (Å²) >= 11 is 0. The van der Waals surface area contributed by atoms with Crippen molar-refractivity contribution in [3.63, 3.8) is 0 Å². The van der Waals surface area contributed by atoms with Gasteiger partial charge in [-0.25, -0.2) is 4.79 Å². The maximum absolute atomic E-state index is 13.2. The van der Waals surface area contributed by atoms with Gasteiger partial charge < -0.3 is 10.2 Å². The molecule has 2 aliphatic heterocycles. The number of para-hydroxylation sites is 1. The Morgan fingerprint density at radius 1 is 1.03 bits per heavy atom. The van der Waals surface area contributed by atoms with Crippen molar-refractivity contribution in [2.75, 3.05) is 18.0 Å². The Kier molecular flexibility index (Phi) is 5.93. The molecule has 2 aliphatic rings. The highest BCUT2D eigenvalue weighted by Gasteiger charge is 2.52. The number of carbonyl (C=O) groups excluding carboxylic acids is 3. The average Bonchev–Trinajstić information content (AvgIpc) is 3.02. The Morgan fingerprint density at radius 2 is 1.77 bits per heavy atom. The normalized spacial score (nSPS) is 21.2. The van der Waals surface area contributed by atoms with E-state index in [-0.39, 0.29) is 12.5 Å². The molecule has 1 atom stereocenters. The number of hydrogen-bond donors (Lipinski definition) is 2. The molecule has 2 N–H and O–H groups in total. The molecule has 4 amide bonds. The van der Waals surface area contributed by atoms with Gasteiger partial charge in [-0.1, -0.05) is 61.9 Å². The van der Waals surface area contributed by atoms with Crippen LogP contribution in [0, 0.1) is 0 Å². The van der Waals surface area contributed by atoms with Crippen molar-refractivity contribution in [3.05, 3.63) is 65.7 Å². The van der Waals surface area contributed by atoms with Crippen LogP contribution < -0.4 is 15.6 Å². The molecule has 2 aromatic rings. The molecule has 7 heteroatoms. The lowest BCUT2D eigenvalue weighted by molar-refractivity contribution is -0.139. The minimum Gasteiger partial charge on any atom is -0.362 e. The van der Waals surface area contributed by atoms with Crippen molar-refractivity contribution in [2.45, 2.75) is 44.6 Å². The molecule has 0 radical (unpaired) electrons. The van der Waals surface area contributed by atoms with Crippen LogP contribution in [0.2, 0.25) is 0 Å². The molecule has 1 fully saturated rings. The Bertz CT molecular complexity index is 978. The highest BCUT2D eigenvalue weighted by Crippen LogP contribution is 2.31. The van der Waals surface area contributed by atoms with Crippen LogP contribution in [-0.2, 0) is 21.5 Å². The first-order valence-corrected chi connectivity index (χ1v) is 10.9. The fourth-order valence-electron chi connectivity index (χ4n) is 4.48. The molecule has 0 aromatic heterocycles. The Hall–Kier alpha value is -3.35. The molecule has 31 heavy (non-hydrogen) atoms. The first-order chi connectivity index (χ1) is 15.0. The van der Waals surface area contributed by atoms with Gasteiger partial charge >= 0.3 is 6.03 Å². The van der Waals surface area contributed by atoms with Crippen molar-refractivity contribution in [1.29, 1.82) is 0 Å². The minimum absolute atomic E-state index is 0.0819. The average molecular weight is 421 g/mol. The number of amides is 4. The lowest BCUT2D eigenvalue weighted by Crippen LogP contribution is -2.51. The van der Waals surface area contributed by atoms with Crippen LogP contribution in [0.25, 0.3) is 0 Å². The maximum atomic E-state index is 13.2. The van der Waals surface area contributed by atoms with Gasteiger partial charge in [0.1, 0.15) is 5.54 Å². The Balaban J connectivity index is 1.50. The van der Waals surface area contributed by atoms with E-state index in [0.29, 0.717) is 12.0 Å². The quantitative estimate of drug-likeness (QED) is 0.729. The molecule has 0 bridgehead atoms. The predicted molar refractivity (Wildman–Crippen MR) is 118 cm³/mol. The van der Waals surface area contributed by atoms with Crippen molar-refractivity contribution in [2.24, 2.45) is 0 Å². The minimum atomic E-state index is -1.17. The molecular formula is C24H28N4O3. The first kappa shape index (κ1) is 20.9. The second kappa shape index (κ2) is 8.79. The lowest BCUT2D eigenvalue weighted by atomic mass is 9.87. The van der Waals surface area contributed by atoms with Crippen LogP contribution in [0.1, 0.15) is 43.7 Å². The van der Waals surface area contributed by atoms with Crippen LogP contribution >= 0.6 is 0 Å². The number of urea groups is 1. The first-order valence-electron chi connectivity index (χ1n) is 10.9. The number of rotatable bonds is 5. The molecule has 7 nitrogen and oxygen atoms in total. The number of hydrazine groups is 1. The summed E-state index contributed by atoms with van der Waals surface area (Å²) in [5.74, 6) is -0.855. The smallest absolute Gasteiger partial charge is 0.344 e. The van der Waals surface area contributed by atoms with E-state index in [1.54, 1.807) is 0 Å². The van der Waals surface area contributed by atoms with Gasteiger partial charge in [0.15, 0.2) is 0 Å². The standard InChI is InChI=1S/C24H28N4O3/c1-2-24(19-13-6-3-7-14-19)22(30)28(23(31)25-24)26-21(29)17-27-16-10-4-5-11-18-12-8-9-15-20(18)27/h3,6-9,12-15H,2,4-5,10-11,16-17H2,1H3,(H,25,31)(H,26,29). The Morgan fingerprint density at radius 3 is 2.55 bits per heavy atom. The number of fused-ring (bicyclic) bond motifs is 1. The molecule has 1 unspecified atom stereocenters. The van der Waals surface area contributed by atoms with Crippen LogP contribution in [0.3, 0.4) is 0 Å². The number of imide groups is 1. The van der Waals surface area contributed by atoms with Gasteiger partial charge in [-0.3, -0.25) is 15.0 Å². The summed E-state index contributed by atoms with van der Waals surface area (Å²) in [6, 6.07) is 16.6. The van der Waals surface area contributed by atoms with Crippen LogP contribution in [0.4, 0.5) is 10.5 Å². The SMILES string of the molecule is CCC1(c2ccccc2)NC(=O)N(NC(=O)CN2CCCCCc3ccccc32)C1=O. The van der Waals surface area contributed by atoms with Gasteiger partial charge in [-0.15, -0.1) is 0 Å². The van der Waals surface area contributed by atoms with Crippen molar-refractivity contribution >= 4 is 23.5 Å². The second-order valence-corrected chi connectivity index (χ2v) is 8.09. The molecule has 0 spiro atoms. The summed E-state index contributed by atoms with van der Waals surface area (Å²) in [6.07, 6.45) is 4.61. The molecular weight excluding hydrogens is 392 g/mol. The lowest BCUT2D eigenvalue weighted by Gasteiger charge is -2.29. The number of nitrogens with one attached hydrogen (secondary N) is 2. The molecule has 162 valence electrons. The highest BCUT2D eigenvalue weighted by molar-refractivity contribution is 6.08. The maximum Gasteiger partial charge on any atom is 0.344 e. The summed E-state index contributed by atoms with van der Waals surface area (Å²) in [5, 5.41) is 3.61. The topological polar surface area (TPSA) is 81.8 Å². The monoisotopic (exact) mass is 420 g/mol. The largest absolute Gasteiger partial charge is 0.362 e. The van der Waals surface area contributed by atoms with Gasteiger partial charge in [0, 0.05) is 12.2 Å². The molecule has 1 saturated heterocycles. The van der Waals surface area contributed by atoms with E-state index < -0.39 is 17.5 Å². The number of hydrogen-bond acceptors (Lipinski definition) is 4. The van der Waals surface area contributed by atoms with Crippen LogP contribution in [0.15, 0.2) is 54.6 Å². The molecule has 2 heterocycles. The van der Waals surface area contributed by atoms with Gasteiger partial charge in [0.05, 0.1) is 6.54 Å². The zero-order valence-corrected chi connectivity index (χ0v) is 17.8. The third kappa shape index (κ3) is 4.00. The number of benzene rings is 2. The zero-order chi connectivity index (χ0) is 21.8. The third-order valence-corrected chi connectivity index (χ3v) is 6.17. The Labute approximate surface area is 182 Å². The van der Waals surface area contributed by atoms with Gasteiger partial charge in [-0.2, -0.15) is 5.01 Å². The van der Waals surface area contributed by atoms with Gasteiger partial charge in [0.2, 0.25) is 0 Å². The molecule has 4 rings (SSSR count). The van der Waals surface area contributed by atoms with Crippen LogP contribution in [-0.4, -0.2) is 35.9 Å². The fraction of sp³-hybridized carbons (Fsp3) is 0.375. The van der Waals surface area contributed by atoms with Crippen molar-refractivity contribution in [1.82, 2.24) is 15.8 Å². The zero-order valence-electron chi connectivity index (χ0n) is 17.8. The van der Waals surface area contributed by atoms with E-state index in [9.17, 15) is 14.4 Å². The van der Waals surface area contributed by atoms with E-state index >= 15 is 0 Å². The van der Waals surface area contributed by atoms with E-state index in [4.69, 9.17) is 0 Å². The van der Waals surface area contributed by atoms with E-state index in [2.05, 4.69) is 16.8 Å². The number of aryl methyl sites for hydroxylation is 1. The highest BCUT2D eigenvalue weighted by atomic mass is 16.2. The number of carbonyl (C=O) groups is 3. The molecule has 2 aromatic carbocycles. The van der Waals surface area contributed by atoms with Crippen LogP contribution in [0.5, 0.6) is 0 Å². The predicted octanol–water partition coefficient (Wildman–Crippen LogP) is 3.11. The van der Waals surface area contributed by atoms with E-state index in [1.807, 2.05) is 60.4 Å². The molecule has 0 aliphatic carbocycles.